The first-order valence-electron chi connectivity index (χ1n) is 9.27. The van der Waals surface area contributed by atoms with Crippen molar-refractivity contribution >= 4 is 5.96 Å². The molecule has 0 radical (unpaired) electrons. The van der Waals surface area contributed by atoms with Crippen molar-refractivity contribution in [1.29, 1.82) is 0 Å². The van der Waals surface area contributed by atoms with Crippen LogP contribution in [-0.2, 0) is 16.0 Å². The van der Waals surface area contributed by atoms with Gasteiger partial charge in [-0.3, -0.25) is 0 Å². The second-order valence-corrected chi connectivity index (χ2v) is 6.26. The summed E-state index contributed by atoms with van der Waals surface area (Å²) in [5.41, 5.74) is 0.787. The summed E-state index contributed by atoms with van der Waals surface area (Å²) in [5.74, 6) is 0.588. The molecule has 1 aliphatic heterocycles. The number of hydrogen-bond acceptors (Lipinski definition) is 4. The Balaban J connectivity index is 1.87. The number of rotatable bonds is 9. The van der Waals surface area contributed by atoms with Crippen molar-refractivity contribution in [3.8, 4) is 5.75 Å². The smallest absolute Gasteiger partial charge is 0.191 e. The number of halogens is 1. The summed E-state index contributed by atoms with van der Waals surface area (Å²) in [4.78, 5) is 4.53. The maximum absolute atomic E-state index is 13.9. The van der Waals surface area contributed by atoms with Gasteiger partial charge in [-0.1, -0.05) is 6.07 Å². The number of benzene rings is 1. The van der Waals surface area contributed by atoms with Crippen LogP contribution in [0.5, 0.6) is 5.75 Å². The normalized spacial score (nSPS) is 18.6. The number of nitrogens with one attached hydrogen (secondary N) is 2. The van der Waals surface area contributed by atoms with E-state index >= 15 is 0 Å². The molecule has 1 aromatic carbocycles. The van der Waals surface area contributed by atoms with Crippen LogP contribution in [0, 0.1) is 5.82 Å². The Morgan fingerprint density at radius 3 is 2.92 bits per heavy atom. The van der Waals surface area contributed by atoms with Gasteiger partial charge in [0.05, 0.1) is 32.5 Å². The summed E-state index contributed by atoms with van der Waals surface area (Å²) in [6.07, 6.45) is 1.13. The lowest BCUT2D eigenvalue weighted by Gasteiger charge is -2.19. The molecule has 146 valence electrons. The van der Waals surface area contributed by atoms with Crippen molar-refractivity contribution in [2.75, 3.05) is 33.0 Å². The molecule has 0 aliphatic carbocycles. The Hall–Kier alpha value is -1.86. The van der Waals surface area contributed by atoms with Crippen LogP contribution >= 0.6 is 0 Å². The average Bonchev–Trinajstić information content (AvgIpc) is 3.14. The molecule has 1 aliphatic rings. The first-order valence-corrected chi connectivity index (χ1v) is 9.27. The standard InChI is InChI=1S/C19H30FN3O3/c1-4-21-19(23-14(3)12-26-16-8-9-24-13-16)22-11-15-6-7-18(25-5-2)17(20)10-15/h6-7,10,14,16H,4-5,8-9,11-13H2,1-3H3,(H2,21,22,23). The minimum atomic E-state index is -0.363. The van der Waals surface area contributed by atoms with Crippen LogP contribution < -0.4 is 15.4 Å². The summed E-state index contributed by atoms with van der Waals surface area (Å²) >= 11 is 0. The lowest BCUT2D eigenvalue weighted by Crippen LogP contribution is -2.44. The van der Waals surface area contributed by atoms with Crippen LogP contribution in [0.2, 0.25) is 0 Å². The molecule has 2 N–H and O–H groups in total. The highest BCUT2D eigenvalue weighted by Gasteiger charge is 2.17. The minimum absolute atomic E-state index is 0.102. The first kappa shape index (κ1) is 20.5. The largest absolute Gasteiger partial charge is 0.491 e. The molecule has 0 spiro atoms. The highest BCUT2D eigenvalue weighted by molar-refractivity contribution is 5.80. The van der Waals surface area contributed by atoms with Crippen LogP contribution in [0.15, 0.2) is 23.2 Å². The predicted octanol–water partition coefficient (Wildman–Crippen LogP) is 2.47. The molecule has 6 nitrogen and oxygen atoms in total. The SMILES string of the molecule is CCNC(=NCc1ccc(OCC)c(F)c1)NC(C)COC1CCOC1. The highest BCUT2D eigenvalue weighted by Crippen LogP contribution is 2.18. The predicted molar refractivity (Wildman–Crippen MR) is 100 cm³/mol. The molecule has 0 aromatic heterocycles. The summed E-state index contributed by atoms with van der Waals surface area (Å²) in [6, 6.07) is 5.04. The second kappa shape index (κ2) is 11.0. The zero-order chi connectivity index (χ0) is 18.8. The Bertz CT molecular complexity index is 577. The number of aliphatic imine (C=N–C) groups is 1. The van der Waals surface area contributed by atoms with E-state index < -0.39 is 0 Å². The summed E-state index contributed by atoms with van der Waals surface area (Å²) < 4.78 is 30.3. The molecule has 26 heavy (non-hydrogen) atoms. The summed E-state index contributed by atoms with van der Waals surface area (Å²) in [6.45, 7) is 9.46. The number of hydrogen-bond donors (Lipinski definition) is 2. The Morgan fingerprint density at radius 2 is 2.27 bits per heavy atom. The van der Waals surface area contributed by atoms with Crippen molar-refractivity contribution in [3.05, 3.63) is 29.6 Å². The summed E-state index contributed by atoms with van der Waals surface area (Å²) in [5, 5.41) is 6.51. The molecule has 1 saturated heterocycles. The van der Waals surface area contributed by atoms with Gasteiger partial charge in [0, 0.05) is 19.2 Å². The number of guanidine groups is 1. The van der Waals surface area contributed by atoms with Crippen molar-refractivity contribution in [2.45, 2.75) is 45.9 Å². The van der Waals surface area contributed by atoms with Gasteiger partial charge < -0.3 is 24.8 Å². The third kappa shape index (κ3) is 6.80. The van der Waals surface area contributed by atoms with Gasteiger partial charge >= 0.3 is 0 Å². The van der Waals surface area contributed by atoms with Gasteiger partial charge in [0.2, 0.25) is 0 Å². The van der Waals surface area contributed by atoms with Gasteiger partial charge in [0.1, 0.15) is 0 Å². The maximum atomic E-state index is 13.9. The van der Waals surface area contributed by atoms with E-state index in [1.807, 2.05) is 26.8 Å². The molecular formula is C19H30FN3O3. The molecule has 2 unspecified atom stereocenters. The van der Waals surface area contributed by atoms with Crippen molar-refractivity contribution < 1.29 is 18.6 Å². The molecule has 1 fully saturated rings. The lowest BCUT2D eigenvalue weighted by atomic mass is 10.2. The fourth-order valence-electron chi connectivity index (χ4n) is 2.61. The third-order valence-electron chi connectivity index (χ3n) is 3.91. The molecule has 7 heteroatoms. The van der Waals surface area contributed by atoms with Crippen LogP contribution in [0.3, 0.4) is 0 Å². The molecule has 1 aromatic rings. The second-order valence-electron chi connectivity index (χ2n) is 6.26. The van der Waals surface area contributed by atoms with Gasteiger partial charge in [-0.05, 0) is 44.9 Å². The molecule has 1 heterocycles. The van der Waals surface area contributed by atoms with E-state index in [4.69, 9.17) is 14.2 Å². The highest BCUT2D eigenvalue weighted by atomic mass is 19.1. The number of ether oxygens (including phenoxy) is 3. The van der Waals surface area contributed by atoms with E-state index in [0.717, 1.165) is 25.1 Å². The topological polar surface area (TPSA) is 64.1 Å². The zero-order valence-corrected chi connectivity index (χ0v) is 15.9. The van der Waals surface area contributed by atoms with Crippen molar-refractivity contribution in [3.63, 3.8) is 0 Å². The van der Waals surface area contributed by atoms with Gasteiger partial charge in [-0.15, -0.1) is 0 Å². The van der Waals surface area contributed by atoms with Gasteiger partial charge in [-0.25, -0.2) is 9.38 Å². The first-order chi connectivity index (χ1) is 12.6. The zero-order valence-electron chi connectivity index (χ0n) is 15.9. The van der Waals surface area contributed by atoms with Crippen LogP contribution in [0.1, 0.15) is 32.8 Å². The number of nitrogens with zero attached hydrogens (tertiary/aromatic N) is 1. The van der Waals surface area contributed by atoms with Gasteiger partial charge in [-0.2, -0.15) is 0 Å². The monoisotopic (exact) mass is 367 g/mol. The molecule has 2 atom stereocenters. The van der Waals surface area contributed by atoms with E-state index in [2.05, 4.69) is 15.6 Å². The molecular weight excluding hydrogens is 337 g/mol. The van der Waals surface area contributed by atoms with Crippen molar-refractivity contribution in [1.82, 2.24) is 10.6 Å². The van der Waals surface area contributed by atoms with E-state index in [9.17, 15) is 4.39 Å². The van der Waals surface area contributed by atoms with E-state index in [0.29, 0.717) is 32.3 Å². The lowest BCUT2D eigenvalue weighted by molar-refractivity contribution is 0.0347. The van der Waals surface area contributed by atoms with Crippen LogP contribution in [-0.4, -0.2) is 51.1 Å². The molecule has 0 saturated carbocycles. The Morgan fingerprint density at radius 1 is 1.42 bits per heavy atom. The quantitative estimate of drug-likeness (QED) is 0.519. The summed E-state index contributed by atoms with van der Waals surface area (Å²) in [7, 11) is 0. The molecule has 0 amide bonds. The maximum Gasteiger partial charge on any atom is 0.191 e. The van der Waals surface area contributed by atoms with Crippen LogP contribution in [0.25, 0.3) is 0 Å². The minimum Gasteiger partial charge on any atom is -0.491 e. The van der Waals surface area contributed by atoms with E-state index in [1.54, 1.807) is 6.07 Å². The van der Waals surface area contributed by atoms with Gasteiger partial charge in [0.15, 0.2) is 17.5 Å². The molecule has 0 bridgehead atoms. The molecule has 2 rings (SSSR count). The van der Waals surface area contributed by atoms with E-state index in [-0.39, 0.29) is 23.7 Å². The Kier molecular flexibility index (Phi) is 8.64. The van der Waals surface area contributed by atoms with Gasteiger partial charge in [0.25, 0.3) is 0 Å². The average molecular weight is 367 g/mol. The third-order valence-corrected chi connectivity index (χ3v) is 3.91. The Labute approximate surface area is 155 Å². The van der Waals surface area contributed by atoms with E-state index in [1.165, 1.54) is 6.07 Å². The van der Waals surface area contributed by atoms with Crippen LogP contribution in [0.4, 0.5) is 4.39 Å². The fraction of sp³-hybridized carbons (Fsp3) is 0.632. The fourth-order valence-corrected chi connectivity index (χ4v) is 2.61. The van der Waals surface area contributed by atoms with Crippen molar-refractivity contribution in [2.24, 2.45) is 4.99 Å².